The number of likely N-dealkylation sites (tertiary alicyclic amines) is 1. The van der Waals surface area contributed by atoms with E-state index in [0.29, 0.717) is 30.6 Å². The predicted molar refractivity (Wildman–Crippen MR) is 90.7 cm³/mol. The number of ether oxygens (including phenoxy) is 3. The highest BCUT2D eigenvalue weighted by atomic mass is 16.5. The average Bonchev–Trinajstić information content (AvgIpc) is 3.11. The molecule has 7 nitrogen and oxygen atoms in total. The first kappa shape index (κ1) is 17.0. The molecule has 0 unspecified atom stereocenters. The lowest BCUT2D eigenvalue weighted by Crippen LogP contribution is -2.40. The third-order valence-electron chi connectivity index (χ3n) is 3.97. The lowest BCUT2D eigenvalue weighted by molar-refractivity contribution is -0.137. The zero-order chi connectivity index (χ0) is 17.6. The van der Waals surface area contributed by atoms with Crippen molar-refractivity contribution in [3.8, 4) is 17.5 Å². The predicted octanol–water partition coefficient (Wildman–Crippen LogP) is 1.93. The Kier molecular flexibility index (Phi) is 5.33. The quantitative estimate of drug-likeness (QED) is 0.798. The topological polar surface area (TPSA) is 73.8 Å². The van der Waals surface area contributed by atoms with Gasteiger partial charge in [0.25, 0.3) is 5.91 Å². The third-order valence-corrected chi connectivity index (χ3v) is 3.97. The Morgan fingerprint density at radius 3 is 2.56 bits per heavy atom. The Bertz CT molecular complexity index is 693. The van der Waals surface area contributed by atoms with Gasteiger partial charge < -0.3 is 19.1 Å². The molecule has 7 heteroatoms. The Balaban J connectivity index is 1.51. The Morgan fingerprint density at radius 1 is 1.16 bits per heavy atom. The van der Waals surface area contributed by atoms with Crippen LogP contribution in [-0.2, 0) is 4.79 Å². The summed E-state index contributed by atoms with van der Waals surface area (Å²) < 4.78 is 16.5. The minimum Gasteiger partial charge on any atom is -0.481 e. The summed E-state index contributed by atoms with van der Waals surface area (Å²) in [5, 5.41) is 7.82. The molecule has 2 atom stereocenters. The molecule has 1 aliphatic rings. The summed E-state index contributed by atoms with van der Waals surface area (Å²) in [6.07, 6.45) is 0.106. The fourth-order valence-corrected chi connectivity index (χ4v) is 2.69. The van der Waals surface area contributed by atoms with Crippen molar-refractivity contribution < 1.29 is 19.0 Å². The van der Waals surface area contributed by atoms with Crippen LogP contribution in [0.25, 0.3) is 0 Å². The molecule has 1 aliphatic heterocycles. The minimum absolute atomic E-state index is 0.0456. The number of para-hydroxylation sites is 1. The molecule has 0 spiro atoms. The number of benzene rings is 1. The van der Waals surface area contributed by atoms with Crippen molar-refractivity contribution in [3.63, 3.8) is 0 Å². The first-order valence-corrected chi connectivity index (χ1v) is 8.20. The number of hydrogen-bond donors (Lipinski definition) is 0. The number of carbonyl (C=O) groups is 1. The van der Waals surface area contributed by atoms with Gasteiger partial charge in [-0.15, -0.1) is 10.2 Å². The van der Waals surface area contributed by atoms with Crippen molar-refractivity contribution in [1.29, 1.82) is 0 Å². The highest BCUT2D eigenvalue weighted by molar-refractivity contribution is 5.81. The van der Waals surface area contributed by atoms with E-state index in [0.717, 1.165) is 6.42 Å². The summed E-state index contributed by atoms with van der Waals surface area (Å²) in [5.41, 5.74) is 0. The van der Waals surface area contributed by atoms with Gasteiger partial charge in [-0.3, -0.25) is 4.79 Å². The van der Waals surface area contributed by atoms with E-state index < -0.39 is 6.10 Å². The zero-order valence-electron chi connectivity index (χ0n) is 14.3. The fourth-order valence-electron chi connectivity index (χ4n) is 2.69. The first-order chi connectivity index (χ1) is 12.2. The first-order valence-electron chi connectivity index (χ1n) is 8.20. The van der Waals surface area contributed by atoms with Gasteiger partial charge in [-0.2, -0.15) is 0 Å². The number of rotatable bonds is 6. The van der Waals surface area contributed by atoms with Crippen LogP contribution >= 0.6 is 0 Å². The van der Waals surface area contributed by atoms with Crippen LogP contribution in [0.1, 0.15) is 13.3 Å². The van der Waals surface area contributed by atoms with Gasteiger partial charge in [0, 0.05) is 25.1 Å². The van der Waals surface area contributed by atoms with Crippen LogP contribution < -0.4 is 14.2 Å². The van der Waals surface area contributed by atoms with Crippen molar-refractivity contribution in [1.82, 2.24) is 15.1 Å². The average molecular weight is 343 g/mol. The van der Waals surface area contributed by atoms with Crippen LogP contribution in [0.5, 0.6) is 17.5 Å². The molecule has 0 aliphatic carbocycles. The van der Waals surface area contributed by atoms with Crippen molar-refractivity contribution >= 4 is 5.91 Å². The minimum atomic E-state index is -0.540. The standard InChI is InChI=1S/C18H21N3O4/c1-13(24-14-6-4-3-5-7-14)18(22)21-11-10-15(12-21)25-17-9-8-16(23-2)19-20-17/h3-9,13,15H,10-12H2,1-2H3/t13-,15+/m1/s1. The number of nitrogens with zero attached hydrogens (tertiary/aromatic N) is 3. The van der Waals surface area contributed by atoms with Gasteiger partial charge in [0.1, 0.15) is 11.9 Å². The number of aromatic nitrogens is 2. The number of amides is 1. The van der Waals surface area contributed by atoms with Gasteiger partial charge in [-0.25, -0.2) is 0 Å². The highest BCUT2D eigenvalue weighted by Gasteiger charge is 2.31. The van der Waals surface area contributed by atoms with Crippen LogP contribution in [0.15, 0.2) is 42.5 Å². The molecule has 1 saturated heterocycles. The summed E-state index contributed by atoms with van der Waals surface area (Å²) in [7, 11) is 1.53. The van der Waals surface area contributed by atoms with Gasteiger partial charge in [0.15, 0.2) is 6.10 Å². The normalized spacial score (nSPS) is 17.8. The molecule has 0 N–H and O–H groups in total. The number of methoxy groups -OCH3 is 1. The van der Waals surface area contributed by atoms with E-state index in [1.54, 1.807) is 24.0 Å². The zero-order valence-corrected chi connectivity index (χ0v) is 14.3. The molecule has 0 radical (unpaired) electrons. The van der Waals surface area contributed by atoms with Gasteiger partial charge in [0.2, 0.25) is 11.8 Å². The maximum atomic E-state index is 12.5. The maximum absolute atomic E-state index is 12.5. The Labute approximate surface area is 146 Å². The summed E-state index contributed by atoms with van der Waals surface area (Å²) in [5.74, 6) is 1.50. The Morgan fingerprint density at radius 2 is 1.88 bits per heavy atom. The molecule has 132 valence electrons. The van der Waals surface area contributed by atoms with E-state index in [-0.39, 0.29) is 12.0 Å². The second kappa shape index (κ2) is 7.83. The third kappa shape index (κ3) is 4.37. The van der Waals surface area contributed by atoms with Gasteiger partial charge in [0.05, 0.1) is 13.7 Å². The Hall–Kier alpha value is -2.83. The van der Waals surface area contributed by atoms with Crippen LogP contribution in [0, 0.1) is 0 Å². The van der Waals surface area contributed by atoms with Crippen molar-refractivity contribution in [3.05, 3.63) is 42.5 Å². The lowest BCUT2D eigenvalue weighted by Gasteiger charge is -2.21. The molecule has 2 aromatic rings. The van der Waals surface area contributed by atoms with E-state index in [9.17, 15) is 4.79 Å². The van der Waals surface area contributed by atoms with Crippen LogP contribution in [0.2, 0.25) is 0 Å². The molecule has 25 heavy (non-hydrogen) atoms. The molecule has 0 bridgehead atoms. The number of hydrogen-bond acceptors (Lipinski definition) is 6. The SMILES string of the molecule is COc1ccc(O[C@H]2CCN(C(=O)[C@@H](C)Oc3ccccc3)C2)nn1. The summed E-state index contributed by atoms with van der Waals surface area (Å²) in [6, 6.07) is 12.7. The molecular formula is C18H21N3O4. The van der Waals surface area contributed by atoms with E-state index in [1.165, 1.54) is 7.11 Å². The molecule has 0 saturated carbocycles. The highest BCUT2D eigenvalue weighted by Crippen LogP contribution is 2.19. The van der Waals surface area contributed by atoms with E-state index in [4.69, 9.17) is 14.2 Å². The fraction of sp³-hybridized carbons (Fsp3) is 0.389. The molecule has 1 fully saturated rings. The van der Waals surface area contributed by atoms with Gasteiger partial charge in [-0.05, 0) is 19.1 Å². The van der Waals surface area contributed by atoms with Gasteiger partial charge in [-0.1, -0.05) is 18.2 Å². The monoisotopic (exact) mass is 343 g/mol. The van der Waals surface area contributed by atoms with E-state index >= 15 is 0 Å². The number of carbonyl (C=O) groups excluding carboxylic acids is 1. The molecular weight excluding hydrogens is 322 g/mol. The molecule has 1 aromatic carbocycles. The maximum Gasteiger partial charge on any atom is 0.263 e. The molecule has 1 amide bonds. The van der Waals surface area contributed by atoms with Crippen LogP contribution in [-0.4, -0.2) is 53.4 Å². The summed E-state index contributed by atoms with van der Waals surface area (Å²) in [6.45, 7) is 2.91. The van der Waals surface area contributed by atoms with E-state index in [2.05, 4.69) is 10.2 Å². The second-order valence-corrected chi connectivity index (χ2v) is 5.80. The van der Waals surface area contributed by atoms with E-state index in [1.807, 2.05) is 30.3 Å². The van der Waals surface area contributed by atoms with Crippen LogP contribution in [0.3, 0.4) is 0 Å². The van der Waals surface area contributed by atoms with Crippen molar-refractivity contribution in [2.45, 2.75) is 25.6 Å². The largest absolute Gasteiger partial charge is 0.481 e. The van der Waals surface area contributed by atoms with Crippen molar-refractivity contribution in [2.75, 3.05) is 20.2 Å². The smallest absolute Gasteiger partial charge is 0.263 e. The molecule has 2 heterocycles. The second-order valence-electron chi connectivity index (χ2n) is 5.80. The summed E-state index contributed by atoms with van der Waals surface area (Å²) in [4.78, 5) is 14.3. The summed E-state index contributed by atoms with van der Waals surface area (Å²) >= 11 is 0. The van der Waals surface area contributed by atoms with Gasteiger partial charge >= 0.3 is 0 Å². The molecule has 1 aromatic heterocycles. The van der Waals surface area contributed by atoms with Crippen LogP contribution in [0.4, 0.5) is 0 Å². The molecule has 3 rings (SSSR count). The van der Waals surface area contributed by atoms with Crippen molar-refractivity contribution in [2.24, 2.45) is 0 Å². The lowest BCUT2D eigenvalue weighted by atomic mass is 10.3.